The average Bonchev–Trinajstić information content (AvgIpc) is 3.24. The van der Waals surface area contributed by atoms with E-state index < -0.39 is 0 Å². The van der Waals surface area contributed by atoms with Crippen LogP contribution in [0.15, 0.2) is 45.2 Å². The first-order valence-electron chi connectivity index (χ1n) is 9.17. The number of hydrogen-bond acceptors (Lipinski definition) is 6. The fraction of sp³-hybridized carbons (Fsp3) is 0.474. The third-order valence-electron chi connectivity index (χ3n) is 4.47. The highest BCUT2D eigenvalue weighted by atomic mass is 127. The lowest BCUT2D eigenvalue weighted by Crippen LogP contribution is -2.52. The standard InChI is InChI=1S/C19H27N5OS2.HI/c1-20-18(21-8-3-14-26-19-22-9-15-27-19)24-12-10-23(11-13-24)16-4-6-17(25-2)7-5-16;/h4-7,9,15H,3,8,10-14H2,1-2H3,(H,20,21);1H. The first kappa shape index (κ1) is 23.1. The Hall–Kier alpha value is -1.20. The first-order valence-corrected chi connectivity index (χ1v) is 11.0. The summed E-state index contributed by atoms with van der Waals surface area (Å²) in [7, 11) is 3.56. The maximum atomic E-state index is 5.24. The molecule has 0 radical (unpaired) electrons. The van der Waals surface area contributed by atoms with Crippen molar-refractivity contribution in [2.75, 3.05) is 57.5 Å². The number of nitrogens with one attached hydrogen (secondary N) is 1. The molecule has 0 amide bonds. The maximum Gasteiger partial charge on any atom is 0.193 e. The number of thioether (sulfide) groups is 1. The molecule has 1 fully saturated rings. The van der Waals surface area contributed by atoms with Crippen LogP contribution in [0.2, 0.25) is 0 Å². The molecule has 0 bridgehead atoms. The Kier molecular flexibility index (Phi) is 10.2. The topological polar surface area (TPSA) is 53.0 Å². The molecular formula is C19H28IN5OS2. The van der Waals surface area contributed by atoms with E-state index in [-0.39, 0.29) is 24.0 Å². The van der Waals surface area contributed by atoms with E-state index in [0.29, 0.717) is 0 Å². The van der Waals surface area contributed by atoms with Gasteiger partial charge in [0.05, 0.1) is 7.11 Å². The van der Waals surface area contributed by atoms with Crippen molar-refractivity contribution in [3.63, 3.8) is 0 Å². The van der Waals surface area contributed by atoms with Gasteiger partial charge in [-0.05, 0) is 30.7 Å². The molecule has 1 aliphatic rings. The van der Waals surface area contributed by atoms with Gasteiger partial charge in [-0.3, -0.25) is 4.99 Å². The minimum absolute atomic E-state index is 0. The van der Waals surface area contributed by atoms with Crippen molar-refractivity contribution in [3.05, 3.63) is 35.8 Å². The third kappa shape index (κ3) is 6.70. The number of nitrogens with zero attached hydrogens (tertiary/aromatic N) is 4. The lowest BCUT2D eigenvalue weighted by molar-refractivity contribution is 0.372. The van der Waals surface area contributed by atoms with Crippen LogP contribution in [-0.2, 0) is 0 Å². The molecule has 0 aliphatic carbocycles. The van der Waals surface area contributed by atoms with E-state index in [1.165, 1.54) is 5.69 Å². The number of aromatic nitrogens is 1. The molecule has 28 heavy (non-hydrogen) atoms. The van der Waals surface area contributed by atoms with E-state index in [9.17, 15) is 0 Å². The molecule has 1 aliphatic heterocycles. The molecule has 0 atom stereocenters. The largest absolute Gasteiger partial charge is 0.497 e. The predicted octanol–water partition coefficient (Wildman–Crippen LogP) is 3.65. The van der Waals surface area contributed by atoms with Crippen molar-refractivity contribution < 1.29 is 4.74 Å². The average molecular weight is 534 g/mol. The van der Waals surface area contributed by atoms with Gasteiger partial charge in [-0.15, -0.1) is 35.3 Å². The van der Waals surface area contributed by atoms with Gasteiger partial charge >= 0.3 is 0 Å². The maximum absolute atomic E-state index is 5.24. The van der Waals surface area contributed by atoms with Crippen LogP contribution in [0, 0.1) is 0 Å². The summed E-state index contributed by atoms with van der Waals surface area (Å²) in [4.78, 5) is 13.5. The number of anilines is 1. The van der Waals surface area contributed by atoms with Gasteiger partial charge in [-0.2, -0.15) is 0 Å². The Labute approximate surface area is 192 Å². The summed E-state index contributed by atoms with van der Waals surface area (Å²) < 4.78 is 6.39. The zero-order valence-electron chi connectivity index (χ0n) is 16.3. The van der Waals surface area contributed by atoms with Crippen LogP contribution >= 0.6 is 47.1 Å². The molecule has 0 saturated carbocycles. The van der Waals surface area contributed by atoms with Gasteiger partial charge in [0, 0.05) is 62.8 Å². The molecule has 1 aromatic carbocycles. The van der Waals surface area contributed by atoms with Gasteiger partial charge in [0.15, 0.2) is 5.96 Å². The van der Waals surface area contributed by atoms with Crippen molar-refractivity contribution in [2.45, 2.75) is 10.8 Å². The van der Waals surface area contributed by atoms with Gasteiger partial charge in [-0.1, -0.05) is 11.8 Å². The highest BCUT2D eigenvalue weighted by molar-refractivity contribution is 14.0. The molecule has 2 heterocycles. The van der Waals surface area contributed by atoms with Crippen LogP contribution in [0.25, 0.3) is 0 Å². The lowest BCUT2D eigenvalue weighted by Gasteiger charge is -2.37. The normalized spacial score (nSPS) is 14.6. The molecule has 154 valence electrons. The first-order chi connectivity index (χ1) is 13.3. The van der Waals surface area contributed by atoms with E-state index in [2.05, 4.69) is 37.2 Å². The summed E-state index contributed by atoms with van der Waals surface area (Å²) in [6.45, 7) is 4.86. The summed E-state index contributed by atoms with van der Waals surface area (Å²) in [6.07, 6.45) is 2.95. The van der Waals surface area contributed by atoms with Crippen molar-refractivity contribution >= 4 is 58.7 Å². The number of hydrogen-bond donors (Lipinski definition) is 1. The van der Waals surface area contributed by atoms with Crippen LogP contribution in [0.4, 0.5) is 5.69 Å². The zero-order valence-corrected chi connectivity index (χ0v) is 20.3. The van der Waals surface area contributed by atoms with Gasteiger partial charge in [0.2, 0.25) is 0 Å². The number of guanidine groups is 1. The Morgan fingerprint density at radius 1 is 1.25 bits per heavy atom. The number of halogens is 1. The van der Waals surface area contributed by atoms with Crippen molar-refractivity contribution in [3.8, 4) is 5.75 Å². The molecule has 1 saturated heterocycles. The van der Waals surface area contributed by atoms with Gasteiger partial charge in [-0.25, -0.2) is 4.98 Å². The van der Waals surface area contributed by atoms with Crippen LogP contribution in [0.1, 0.15) is 6.42 Å². The number of aliphatic imine (C=N–C) groups is 1. The fourth-order valence-electron chi connectivity index (χ4n) is 3.02. The van der Waals surface area contributed by atoms with Crippen LogP contribution in [0.5, 0.6) is 5.75 Å². The van der Waals surface area contributed by atoms with E-state index >= 15 is 0 Å². The number of piperazine rings is 1. The van der Waals surface area contributed by atoms with E-state index in [1.807, 2.05) is 42.5 Å². The Morgan fingerprint density at radius 2 is 2.00 bits per heavy atom. The minimum atomic E-state index is 0. The second-order valence-corrected chi connectivity index (χ2v) is 8.38. The smallest absolute Gasteiger partial charge is 0.193 e. The Balaban J connectivity index is 0.00000280. The van der Waals surface area contributed by atoms with E-state index in [1.54, 1.807) is 18.4 Å². The molecule has 0 spiro atoms. The van der Waals surface area contributed by atoms with E-state index in [0.717, 1.165) is 60.9 Å². The summed E-state index contributed by atoms with van der Waals surface area (Å²) in [5, 5.41) is 5.52. The van der Waals surface area contributed by atoms with Crippen molar-refractivity contribution in [1.82, 2.24) is 15.2 Å². The van der Waals surface area contributed by atoms with Gasteiger partial charge in [0.25, 0.3) is 0 Å². The van der Waals surface area contributed by atoms with Crippen LogP contribution in [-0.4, -0.2) is 68.5 Å². The molecule has 1 aromatic heterocycles. The SMILES string of the molecule is CN=C(NCCCSc1nccs1)N1CCN(c2ccc(OC)cc2)CC1.I. The number of rotatable bonds is 7. The van der Waals surface area contributed by atoms with Gasteiger partial charge < -0.3 is 19.9 Å². The Bertz CT molecular complexity index is 704. The summed E-state index contributed by atoms with van der Waals surface area (Å²) in [6, 6.07) is 8.29. The highest BCUT2D eigenvalue weighted by Crippen LogP contribution is 2.21. The number of ether oxygens (including phenoxy) is 1. The molecule has 2 aromatic rings. The molecule has 1 N–H and O–H groups in total. The van der Waals surface area contributed by atoms with Crippen molar-refractivity contribution in [2.24, 2.45) is 4.99 Å². The number of methoxy groups -OCH3 is 1. The fourth-order valence-corrected chi connectivity index (χ4v) is 4.66. The molecular weight excluding hydrogens is 505 g/mol. The summed E-state index contributed by atoms with van der Waals surface area (Å²) in [5.74, 6) is 2.97. The lowest BCUT2D eigenvalue weighted by atomic mass is 10.2. The number of thiazole rings is 1. The number of benzene rings is 1. The highest BCUT2D eigenvalue weighted by Gasteiger charge is 2.19. The Morgan fingerprint density at radius 3 is 2.61 bits per heavy atom. The minimum Gasteiger partial charge on any atom is -0.497 e. The van der Waals surface area contributed by atoms with Crippen molar-refractivity contribution in [1.29, 1.82) is 0 Å². The second kappa shape index (κ2) is 12.4. The molecule has 6 nitrogen and oxygen atoms in total. The summed E-state index contributed by atoms with van der Waals surface area (Å²) in [5.41, 5.74) is 1.25. The van der Waals surface area contributed by atoms with Crippen LogP contribution in [0.3, 0.4) is 0 Å². The molecule has 9 heteroatoms. The molecule has 3 rings (SSSR count). The third-order valence-corrected chi connectivity index (χ3v) is 6.52. The quantitative estimate of drug-likeness (QED) is 0.193. The monoisotopic (exact) mass is 533 g/mol. The molecule has 0 unspecified atom stereocenters. The van der Waals surface area contributed by atoms with Crippen LogP contribution < -0.4 is 15.0 Å². The van der Waals surface area contributed by atoms with Gasteiger partial charge in [0.1, 0.15) is 10.1 Å². The summed E-state index contributed by atoms with van der Waals surface area (Å²) >= 11 is 3.52. The predicted molar refractivity (Wildman–Crippen MR) is 131 cm³/mol. The second-order valence-electron chi connectivity index (χ2n) is 6.15. The van der Waals surface area contributed by atoms with E-state index in [4.69, 9.17) is 4.74 Å². The zero-order chi connectivity index (χ0) is 18.9.